The number of carbonyl (C=O) groups is 1. The molecule has 0 heterocycles. The Bertz CT molecular complexity index is 94.1. The van der Waals surface area contributed by atoms with Crippen LogP contribution in [0.3, 0.4) is 0 Å². The van der Waals surface area contributed by atoms with Gasteiger partial charge in [0.05, 0.1) is 6.61 Å². The van der Waals surface area contributed by atoms with Crippen LogP contribution in [0.15, 0.2) is 0 Å². The van der Waals surface area contributed by atoms with Crippen LogP contribution in [-0.2, 0) is 37.2 Å². The molecule has 62 valence electrons. The molecule has 0 spiro atoms. The molecule has 0 rings (SSSR count). The van der Waals surface area contributed by atoms with Crippen LogP contribution in [-0.4, -0.2) is 12.6 Å². The quantitative estimate of drug-likeness (QED) is 0.434. The monoisotopic (exact) mass is 346 g/mol. The number of hydrogen-bond acceptors (Lipinski definition) is 2. The third-order valence-electron chi connectivity index (χ3n) is 1.29. The molecule has 0 aromatic carbocycles. The first kappa shape index (κ1) is 14.0. The molecular weight excluding hydrogens is 329 g/mol. The van der Waals surface area contributed by atoms with E-state index in [1.54, 1.807) is 0 Å². The fourth-order valence-corrected chi connectivity index (χ4v) is 0.752. The second-order valence-corrected chi connectivity index (χ2v) is 2.26. The van der Waals surface area contributed by atoms with Gasteiger partial charge in [0, 0.05) is 34.1 Å². The number of esters is 1. The first-order valence-corrected chi connectivity index (χ1v) is 3.96. The van der Waals surface area contributed by atoms with E-state index in [1.807, 2.05) is 6.92 Å². The third-order valence-corrected chi connectivity index (χ3v) is 1.29. The molecule has 0 atom stereocenters. The van der Waals surface area contributed by atoms with Crippen molar-refractivity contribution in [2.75, 3.05) is 6.61 Å². The van der Waals surface area contributed by atoms with Gasteiger partial charge < -0.3 is 4.74 Å². The molecule has 0 fully saturated rings. The zero-order valence-electron chi connectivity index (χ0n) is 7.56. The van der Waals surface area contributed by atoms with E-state index < -0.39 is 0 Å². The Hall–Kier alpha value is 0.405. The molecule has 0 bridgehead atoms. The molecule has 0 N–H and O–H groups in total. The van der Waals surface area contributed by atoms with Crippen molar-refractivity contribution in [2.45, 2.75) is 39.5 Å². The molecule has 2 nitrogen and oxygen atoms in total. The summed E-state index contributed by atoms with van der Waals surface area (Å²) in [6.07, 6.45) is 3.83. The van der Waals surface area contributed by atoms with E-state index in [0.29, 0.717) is 13.0 Å². The molecule has 0 radical (unpaired) electrons. The van der Waals surface area contributed by atoms with E-state index in [0.717, 1.165) is 19.3 Å². The summed E-state index contributed by atoms with van der Waals surface area (Å²) in [7, 11) is 0. The van der Waals surface area contributed by atoms with E-state index in [9.17, 15) is 4.79 Å². The van der Waals surface area contributed by atoms with E-state index in [1.165, 1.54) is 0 Å². The SMILES string of the molecule is CCCCCC(=O)OCC.[Hg]. The smallest absolute Gasteiger partial charge is 0.305 e. The van der Waals surface area contributed by atoms with Crippen LogP contribution in [0.25, 0.3) is 0 Å². The van der Waals surface area contributed by atoms with Crippen LogP contribution in [0, 0.1) is 0 Å². The molecule has 0 aliphatic heterocycles. The molecule has 0 aliphatic carbocycles. The minimum atomic E-state index is -0.0593. The zero-order chi connectivity index (χ0) is 7.82. The van der Waals surface area contributed by atoms with Crippen molar-refractivity contribution in [3.05, 3.63) is 0 Å². The van der Waals surface area contributed by atoms with Crippen molar-refractivity contribution >= 4 is 5.97 Å². The molecule has 0 saturated carbocycles. The maximum atomic E-state index is 10.7. The second kappa shape index (κ2) is 10.4. The molecule has 3 heteroatoms. The van der Waals surface area contributed by atoms with Crippen LogP contribution in [0.4, 0.5) is 0 Å². The van der Waals surface area contributed by atoms with Crippen molar-refractivity contribution in [1.82, 2.24) is 0 Å². The number of unbranched alkanes of at least 4 members (excludes halogenated alkanes) is 2. The van der Waals surface area contributed by atoms with E-state index >= 15 is 0 Å². The molecule has 11 heavy (non-hydrogen) atoms. The van der Waals surface area contributed by atoms with Crippen molar-refractivity contribution in [2.24, 2.45) is 0 Å². The van der Waals surface area contributed by atoms with Crippen molar-refractivity contribution in [3.63, 3.8) is 0 Å². The van der Waals surface area contributed by atoms with Crippen LogP contribution in [0.5, 0.6) is 0 Å². The third kappa shape index (κ3) is 10.4. The number of rotatable bonds is 5. The van der Waals surface area contributed by atoms with Crippen molar-refractivity contribution in [1.29, 1.82) is 0 Å². The van der Waals surface area contributed by atoms with Gasteiger partial charge in [-0.05, 0) is 13.3 Å². The average Bonchev–Trinajstić information content (AvgIpc) is 1.89. The summed E-state index contributed by atoms with van der Waals surface area (Å²) in [5, 5.41) is 0. The van der Waals surface area contributed by atoms with Gasteiger partial charge >= 0.3 is 5.97 Å². The average molecular weight is 345 g/mol. The minimum absolute atomic E-state index is 0. The Kier molecular flexibility index (Phi) is 13.2. The van der Waals surface area contributed by atoms with E-state index in [-0.39, 0.29) is 33.6 Å². The molecule has 0 aromatic heterocycles. The zero-order valence-corrected chi connectivity index (χ0v) is 13.1. The van der Waals surface area contributed by atoms with Crippen molar-refractivity contribution < 1.29 is 37.2 Å². The second-order valence-electron chi connectivity index (χ2n) is 2.26. The van der Waals surface area contributed by atoms with Gasteiger partial charge in [0.2, 0.25) is 0 Å². The van der Waals surface area contributed by atoms with Gasteiger partial charge in [-0.1, -0.05) is 19.8 Å². The van der Waals surface area contributed by atoms with E-state index in [2.05, 4.69) is 6.92 Å². The standard InChI is InChI=1S/C8H16O2.Hg/c1-3-5-6-7-8(9)10-4-2;/h3-7H2,1-2H3;. The Labute approximate surface area is 89.2 Å². The number of ether oxygens (including phenoxy) is 1. The normalized spacial score (nSPS) is 8.55. The summed E-state index contributed by atoms with van der Waals surface area (Å²) < 4.78 is 4.75. The van der Waals surface area contributed by atoms with Crippen molar-refractivity contribution in [3.8, 4) is 0 Å². The van der Waals surface area contributed by atoms with Crippen LogP contribution in [0.2, 0.25) is 0 Å². The first-order valence-electron chi connectivity index (χ1n) is 3.96. The largest absolute Gasteiger partial charge is 0.466 e. The Morgan fingerprint density at radius 2 is 1.91 bits per heavy atom. The van der Waals surface area contributed by atoms with Gasteiger partial charge in [0.25, 0.3) is 0 Å². The van der Waals surface area contributed by atoms with Crippen LogP contribution >= 0.6 is 0 Å². The van der Waals surface area contributed by atoms with Gasteiger partial charge in [-0.25, -0.2) is 0 Å². The summed E-state index contributed by atoms with van der Waals surface area (Å²) in [4.78, 5) is 10.7. The summed E-state index contributed by atoms with van der Waals surface area (Å²) >= 11 is 0. The summed E-state index contributed by atoms with van der Waals surface area (Å²) in [5.74, 6) is -0.0593. The maximum absolute atomic E-state index is 10.7. The van der Waals surface area contributed by atoms with Crippen LogP contribution < -0.4 is 0 Å². The van der Waals surface area contributed by atoms with Gasteiger partial charge in [-0.15, -0.1) is 0 Å². The van der Waals surface area contributed by atoms with E-state index in [4.69, 9.17) is 4.74 Å². The van der Waals surface area contributed by atoms with Gasteiger partial charge in [-0.2, -0.15) is 0 Å². The Balaban J connectivity index is 0. The minimum Gasteiger partial charge on any atom is -0.466 e. The topological polar surface area (TPSA) is 26.3 Å². The summed E-state index contributed by atoms with van der Waals surface area (Å²) in [6, 6.07) is 0. The fraction of sp³-hybridized carbons (Fsp3) is 0.875. The maximum Gasteiger partial charge on any atom is 0.305 e. The fourth-order valence-electron chi connectivity index (χ4n) is 0.752. The van der Waals surface area contributed by atoms with Gasteiger partial charge in [0.1, 0.15) is 0 Å². The number of hydrogen-bond donors (Lipinski definition) is 0. The Morgan fingerprint density at radius 3 is 2.36 bits per heavy atom. The molecule has 0 unspecified atom stereocenters. The number of carbonyl (C=O) groups excluding carboxylic acids is 1. The predicted molar refractivity (Wildman–Crippen MR) is 40.8 cm³/mol. The molecule has 0 aromatic rings. The summed E-state index contributed by atoms with van der Waals surface area (Å²) in [5.41, 5.74) is 0. The Morgan fingerprint density at radius 1 is 1.27 bits per heavy atom. The van der Waals surface area contributed by atoms with Gasteiger partial charge in [-0.3, -0.25) is 4.79 Å². The first-order chi connectivity index (χ1) is 4.81. The predicted octanol–water partition coefficient (Wildman–Crippen LogP) is 2.13. The molecular formula is C8H16HgO2. The molecule has 0 saturated heterocycles. The summed E-state index contributed by atoms with van der Waals surface area (Å²) in [6.45, 7) is 4.45. The molecule has 0 aliphatic rings. The molecule has 0 amide bonds. The van der Waals surface area contributed by atoms with Crippen LogP contribution in [0.1, 0.15) is 39.5 Å². The van der Waals surface area contributed by atoms with Gasteiger partial charge in [0.15, 0.2) is 0 Å².